The molecule has 1 aliphatic heterocycles. The number of carbonyl (C=O) groups excluding carboxylic acids is 1. The van der Waals surface area contributed by atoms with Crippen molar-refractivity contribution in [2.45, 2.75) is 0 Å². The van der Waals surface area contributed by atoms with E-state index in [0.717, 1.165) is 5.56 Å². The fourth-order valence-corrected chi connectivity index (χ4v) is 2.54. The van der Waals surface area contributed by atoms with E-state index in [-0.39, 0.29) is 5.91 Å². The molecule has 1 N–H and O–H groups in total. The first-order valence-corrected chi connectivity index (χ1v) is 6.33. The van der Waals surface area contributed by atoms with E-state index in [0.29, 0.717) is 20.7 Å². The van der Waals surface area contributed by atoms with Gasteiger partial charge in [0.1, 0.15) is 15.8 Å². The lowest BCUT2D eigenvalue weighted by Gasteiger charge is -2.07. The molecule has 0 saturated carbocycles. The van der Waals surface area contributed by atoms with Crippen LogP contribution in [0.25, 0.3) is 6.08 Å². The maximum atomic E-state index is 11.6. The molecule has 1 saturated heterocycles. The summed E-state index contributed by atoms with van der Waals surface area (Å²) in [5, 5.41) is 2.57. The number of amides is 1. The molecule has 0 unspecified atom stereocenters. The maximum absolute atomic E-state index is 11.6. The molecule has 0 spiro atoms. The average Bonchev–Trinajstić information content (AvgIpc) is 2.68. The zero-order valence-corrected chi connectivity index (χ0v) is 11.5. The summed E-state index contributed by atoms with van der Waals surface area (Å²) in [6.07, 6.45) is 1.75. The molecular formula is C12H11NO3S2. The molecule has 6 heteroatoms. The molecule has 0 atom stereocenters. The van der Waals surface area contributed by atoms with Gasteiger partial charge in [-0.3, -0.25) is 4.79 Å². The molecule has 1 aromatic carbocycles. The van der Waals surface area contributed by atoms with Crippen molar-refractivity contribution in [2.24, 2.45) is 0 Å². The fourth-order valence-electron chi connectivity index (χ4n) is 1.50. The Morgan fingerprint density at radius 1 is 1.33 bits per heavy atom. The molecular weight excluding hydrogens is 270 g/mol. The maximum Gasteiger partial charge on any atom is 0.263 e. The molecule has 2 rings (SSSR count). The Hall–Kier alpha value is -1.53. The van der Waals surface area contributed by atoms with Gasteiger partial charge in [-0.25, -0.2) is 0 Å². The van der Waals surface area contributed by atoms with Crippen LogP contribution < -0.4 is 14.8 Å². The van der Waals surface area contributed by atoms with Crippen LogP contribution in [0.4, 0.5) is 0 Å². The standard InChI is InChI=1S/C12H11NO3S2/c1-15-8-4-3-7(9(6-8)16-2)5-10-11(14)13-12(17)18-10/h3-6H,1-2H3,(H,13,14,17)/b10-5-. The average molecular weight is 281 g/mol. The number of benzene rings is 1. The summed E-state index contributed by atoms with van der Waals surface area (Å²) in [4.78, 5) is 12.1. The molecule has 4 nitrogen and oxygen atoms in total. The Bertz CT molecular complexity index is 540. The highest BCUT2D eigenvalue weighted by atomic mass is 32.2. The zero-order valence-electron chi connectivity index (χ0n) is 9.85. The Morgan fingerprint density at radius 3 is 2.67 bits per heavy atom. The molecule has 18 heavy (non-hydrogen) atoms. The van der Waals surface area contributed by atoms with Gasteiger partial charge >= 0.3 is 0 Å². The Balaban J connectivity index is 2.37. The predicted octanol–water partition coefficient (Wildman–Crippen LogP) is 2.19. The van der Waals surface area contributed by atoms with Gasteiger partial charge in [0, 0.05) is 11.6 Å². The highest BCUT2D eigenvalue weighted by Gasteiger charge is 2.22. The number of hydrogen-bond donors (Lipinski definition) is 1. The number of thiocarbonyl (C=S) groups is 1. The minimum atomic E-state index is -0.178. The van der Waals surface area contributed by atoms with Crippen LogP contribution in [0.2, 0.25) is 0 Å². The highest BCUT2D eigenvalue weighted by Crippen LogP contribution is 2.31. The third kappa shape index (κ3) is 2.65. The summed E-state index contributed by atoms with van der Waals surface area (Å²) in [7, 11) is 3.16. The highest BCUT2D eigenvalue weighted by molar-refractivity contribution is 8.26. The monoisotopic (exact) mass is 281 g/mol. The van der Waals surface area contributed by atoms with E-state index >= 15 is 0 Å². The molecule has 1 aliphatic rings. The van der Waals surface area contributed by atoms with Gasteiger partial charge in [0.25, 0.3) is 5.91 Å². The van der Waals surface area contributed by atoms with Gasteiger partial charge < -0.3 is 14.8 Å². The molecule has 0 radical (unpaired) electrons. The normalized spacial score (nSPS) is 16.9. The van der Waals surface area contributed by atoms with Crippen molar-refractivity contribution in [1.29, 1.82) is 0 Å². The largest absolute Gasteiger partial charge is 0.497 e. The minimum absolute atomic E-state index is 0.178. The Labute approximate surface area is 114 Å². The van der Waals surface area contributed by atoms with E-state index in [1.807, 2.05) is 12.1 Å². The first-order chi connectivity index (χ1) is 8.63. The third-order valence-electron chi connectivity index (χ3n) is 2.37. The van der Waals surface area contributed by atoms with Crippen LogP contribution in [0.1, 0.15) is 5.56 Å². The van der Waals surface area contributed by atoms with Gasteiger partial charge in [0.2, 0.25) is 0 Å². The van der Waals surface area contributed by atoms with Crippen LogP contribution in [0.15, 0.2) is 23.1 Å². The second-order valence-electron chi connectivity index (χ2n) is 3.46. The van der Waals surface area contributed by atoms with Crippen molar-refractivity contribution in [2.75, 3.05) is 14.2 Å². The van der Waals surface area contributed by atoms with Crippen LogP contribution >= 0.6 is 24.0 Å². The topological polar surface area (TPSA) is 47.6 Å². The number of hydrogen-bond acceptors (Lipinski definition) is 5. The summed E-state index contributed by atoms with van der Waals surface area (Å²) in [6.45, 7) is 0. The summed E-state index contributed by atoms with van der Waals surface area (Å²) < 4.78 is 10.8. The summed E-state index contributed by atoms with van der Waals surface area (Å²) in [6, 6.07) is 5.41. The lowest BCUT2D eigenvalue weighted by Crippen LogP contribution is -2.17. The lowest BCUT2D eigenvalue weighted by molar-refractivity contribution is -0.115. The van der Waals surface area contributed by atoms with Gasteiger partial charge in [0.15, 0.2) is 0 Å². The Kier molecular flexibility index (Phi) is 3.88. The second-order valence-corrected chi connectivity index (χ2v) is 5.18. The van der Waals surface area contributed by atoms with Crippen molar-refractivity contribution in [3.05, 3.63) is 28.7 Å². The van der Waals surface area contributed by atoms with Gasteiger partial charge in [-0.15, -0.1) is 0 Å². The molecule has 1 fully saturated rings. The number of ether oxygens (including phenoxy) is 2. The van der Waals surface area contributed by atoms with Crippen LogP contribution in [0.3, 0.4) is 0 Å². The SMILES string of the molecule is COc1ccc(/C=C2\SC(=S)NC2=O)c(OC)c1. The first-order valence-electron chi connectivity index (χ1n) is 5.11. The summed E-state index contributed by atoms with van der Waals surface area (Å²) in [5.41, 5.74) is 0.806. The van der Waals surface area contributed by atoms with Crippen molar-refractivity contribution < 1.29 is 14.3 Å². The van der Waals surface area contributed by atoms with E-state index in [1.165, 1.54) is 11.8 Å². The molecule has 94 valence electrons. The smallest absolute Gasteiger partial charge is 0.263 e. The second kappa shape index (κ2) is 5.41. The van der Waals surface area contributed by atoms with Crippen molar-refractivity contribution in [1.82, 2.24) is 5.32 Å². The lowest BCUT2D eigenvalue weighted by atomic mass is 10.1. The molecule has 1 amide bonds. The minimum Gasteiger partial charge on any atom is -0.497 e. The van der Waals surface area contributed by atoms with Gasteiger partial charge in [-0.1, -0.05) is 24.0 Å². The molecule has 0 aromatic heterocycles. The first kappa shape index (κ1) is 12.9. The predicted molar refractivity (Wildman–Crippen MR) is 75.9 cm³/mol. The van der Waals surface area contributed by atoms with Crippen LogP contribution in [0, 0.1) is 0 Å². The molecule has 0 bridgehead atoms. The van der Waals surface area contributed by atoms with Gasteiger partial charge in [-0.05, 0) is 18.2 Å². The molecule has 1 heterocycles. The van der Waals surface area contributed by atoms with Crippen LogP contribution in [-0.2, 0) is 4.79 Å². The molecule has 0 aliphatic carbocycles. The summed E-state index contributed by atoms with van der Waals surface area (Å²) >= 11 is 6.17. The van der Waals surface area contributed by atoms with E-state index in [1.54, 1.807) is 26.4 Å². The summed E-state index contributed by atoms with van der Waals surface area (Å²) in [5.74, 6) is 1.17. The van der Waals surface area contributed by atoms with Crippen molar-refractivity contribution >= 4 is 40.3 Å². The number of thioether (sulfide) groups is 1. The number of rotatable bonds is 3. The van der Waals surface area contributed by atoms with E-state index < -0.39 is 0 Å². The fraction of sp³-hybridized carbons (Fsp3) is 0.167. The van der Waals surface area contributed by atoms with Crippen LogP contribution in [-0.4, -0.2) is 24.4 Å². The van der Waals surface area contributed by atoms with Crippen molar-refractivity contribution in [3.63, 3.8) is 0 Å². The number of carbonyl (C=O) groups is 1. The zero-order chi connectivity index (χ0) is 13.1. The van der Waals surface area contributed by atoms with Gasteiger partial charge in [0.05, 0.1) is 19.1 Å². The molecule has 1 aromatic rings. The van der Waals surface area contributed by atoms with E-state index in [9.17, 15) is 4.79 Å². The number of nitrogens with one attached hydrogen (secondary N) is 1. The van der Waals surface area contributed by atoms with E-state index in [4.69, 9.17) is 21.7 Å². The Morgan fingerprint density at radius 2 is 2.11 bits per heavy atom. The van der Waals surface area contributed by atoms with Crippen LogP contribution in [0.5, 0.6) is 11.5 Å². The quantitative estimate of drug-likeness (QED) is 0.680. The van der Waals surface area contributed by atoms with Crippen molar-refractivity contribution in [3.8, 4) is 11.5 Å². The van der Waals surface area contributed by atoms with E-state index in [2.05, 4.69) is 5.32 Å². The third-order valence-corrected chi connectivity index (χ3v) is 3.53. The van der Waals surface area contributed by atoms with Gasteiger partial charge in [-0.2, -0.15) is 0 Å². The number of methoxy groups -OCH3 is 2.